The van der Waals surface area contributed by atoms with Crippen LogP contribution in [0.4, 0.5) is 0 Å². The van der Waals surface area contributed by atoms with Crippen LogP contribution in [0.25, 0.3) is 10.9 Å². The minimum Gasteiger partial charge on any atom is -0.361 e. The van der Waals surface area contributed by atoms with Gasteiger partial charge in [0, 0.05) is 37.1 Å². The van der Waals surface area contributed by atoms with E-state index in [1.165, 1.54) is 0 Å². The molecule has 6 heteroatoms. The van der Waals surface area contributed by atoms with Crippen LogP contribution in [0.3, 0.4) is 0 Å². The number of carbonyl (C=O) groups excluding carboxylic acids is 1. The number of carbonyl (C=O) groups is 1. The Hall–Kier alpha value is -2.63. The molecule has 0 radical (unpaired) electrons. The monoisotopic (exact) mass is 283 g/mol. The smallest absolute Gasteiger partial charge is 0.224 e. The van der Waals surface area contributed by atoms with Crippen molar-refractivity contribution in [2.45, 2.75) is 12.8 Å². The van der Waals surface area contributed by atoms with E-state index in [0.717, 1.165) is 22.3 Å². The Bertz CT molecular complexity index is 758. The van der Waals surface area contributed by atoms with Gasteiger partial charge in [-0.05, 0) is 11.6 Å². The van der Waals surface area contributed by atoms with Crippen LogP contribution in [0.15, 0.2) is 36.8 Å². The summed E-state index contributed by atoms with van der Waals surface area (Å²) < 4.78 is 1.85. The minimum atomic E-state index is 0.0157. The number of para-hydroxylation sites is 1. The third-order valence-electron chi connectivity index (χ3n) is 3.50. The zero-order chi connectivity index (χ0) is 14.7. The van der Waals surface area contributed by atoms with Crippen LogP contribution in [0.5, 0.6) is 0 Å². The lowest BCUT2D eigenvalue weighted by atomic mass is 10.1. The van der Waals surface area contributed by atoms with E-state index in [-0.39, 0.29) is 5.91 Å². The molecule has 3 aromatic rings. The Balaban J connectivity index is 1.56. The fraction of sp³-hybridized carbons (Fsp3) is 0.267. The predicted octanol–water partition coefficient (Wildman–Crippen LogP) is 1.20. The topological polar surface area (TPSA) is 75.6 Å². The molecule has 1 aromatic carbocycles. The maximum atomic E-state index is 12.0. The summed E-state index contributed by atoms with van der Waals surface area (Å²) in [7, 11) is 1.89. The fourth-order valence-corrected chi connectivity index (χ4v) is 2.36. The normalized spacial score (nSPS) is 10.9. The fourth-order valence-electron chi connectivity index (χ4n) is 2.36. The summed E-state index contributed by atoms with van der Waals surface area (Å²) in [5.41, 5.74) is 2.07. The maximum absolute atomic E-state index is 12.0. The largest absolute Gasteiger partial charge is 0.361 e. The summed E-state index contributed by atoms with van der Waals surface area (Å²) in [5, 5.41) is 11.8. The highest BCUT2D eigenvalue weighted by Gasteiger charge is 2.08. The molecule has 6 nitrogen and oxygen atoms in total. The summed E-state index contributed by atoms with van der Waals surface area (Å²) in [6, 6.07) is 7.98. The van der Waals surface area contributed by atoms with Crippen molar-refractivity contribution in [3.8, 4) is 0 Å². The second kappa shape index (κ2) is 5.78. The molecule has 2 heterocycles. The zero-order valence-corrected chi connectivity index (χ0v) is 11.8. The van der Waals surface area contributed by atoms with Gasteiger partial charge in [-0.1, -0.05) is 18.2 Å². The zero-order valence-electron chi connectivity index (χ0n) is 11.8. The van der Waals surface area contributed by atoms with Crippen LogP contribution in [-0.4, -0.2) is 32.2 Å². The molecule has 0 unspecified atom stereocenters. The Morgan fingerprint density at radius 1 is 1.38 bits per heavy atom. The lowest BCUT2D eigenvalue weighted by Crippen LogP contribution is -2.27. The van der Waals surface area contributed by atoms with E-state index < -0.39 is 0 Å². The van der Waals surface area contributed by atoms with Crippen LogP contribution in [0.2, 0.25) is 0 Å². The van der Waals surface area contributed by atoms with Crippen molar-refractivity contribution in [3.05, 3.63) is 48.2 Å². The van der Waals surface area contributed by atoms with E-state index in [0.29, 0.717) is 19.4 Å². The first-order valence-corrected chi connectivity index (χ1v) is 6.88. The van der Waals surface area contributed by atoms with Gasteiger partial charge in [0.1, 0.15) is 12.2 Å². The lowest BCUT2D eigenvalue weighted by Gasteiger charge is -2.04. The molecule has 0 fully saturated rings. The van der Waals surface area contributed by atoms with Gasteiger partial charge in [0.15, 0.2) is 0 Å². The lowest BCUT2D eigenvalue weighted by molar-refractivity contribution is -0.120. The third kappa shape index (κ3) is 2.94. The Labute approximate surface area is 122 Å². The molecule has 0 spiro atoms. The van der Waals surface area contributed by atoms with E-state index in [2.05, 4.69) is 20.5 Å². The van der Waals surface area contributed by atoms with Crippen LogP contribution in [0.1, 0.15) is 11.4 Å². The van der Waals surface area contributed by atoms with Crippen LogP contribution >= 0.6 is 0 Å². The molecule has 2 aromatic heterocycles. The van der Waals surface area contributed by atoms with Gasteiger partial charge in [-0.3, -0.25) is 4.79 Å². The molecule has 0 aliphatic rings. The first kappa shape index (κ1) is 13.4. The molecule has 1 amide bonds. The van der Waals surface area contributed by atoms with E-state index in [1.807, 2.05) is 42.1 Å². The first-order chi connectivity index (χ1) is 10.2. The number of amides is 1. The molecule has 108 valence electrons. The summed E-state index contributed by atoms with van der Waals surface area (Å²) in [6.45, 7) is 0.563. The van der Waals surface area contributed by atoms with E-state index in [4.69, 9.17) is 0 Å². The number of hydrogen-bond donors (Lipinski definition) is 2. The third-order valence-corrected chi connectivity index (χ3v) is 3.50. The van der Waals surface area contributed by atoms with Gasteiger partial charge < -0.3 is 14.9 Å². The van der Waals surface area contributed by atoms with Crippen molar-refractivity contribution in [1.29, 1.82) is 0 Å². The van der Waals surface area contributed by atoms with Gasteiger partial charge in [0.05, 0.1) is 6.42 Å². The molecule has 0 atom stereocenters. The molecule has 0 bridgehead atoms. The number of benzene rings is 1. The van der Waals surface area contributed by atoms with Gasteiger partial charge in [-0.15, -0.1) is 10.2 Å². The van der Waals surface area contributed by atoms with E-state index in [9.17, 15) is 4.79 Å². The molecule has 21 heavy (non-hydrogen) atoms. The van der Waals surface area contributed by atoms with Crippen molar-refractivity contribution in [3.63, 3.8) is 0 Å². The van der Waals surface area contributed by atoms with Crippen LogP contribution in [0, 0.1) is 0 Å². The number of H-pyrrole nitrogens is 1. The molecule has 0 saturated carbocycles. The standard InChI is InChI=1S/C15H17N5O/c1-20-10-18-19-14(20)6-7-16-15(21)8-11-9-17-13-5-3-2-4-12(11)13/h2-5,9-10,17H,6-8H2,1H3,(H,16,21). The second-order valence-electron chi connectivity index (χ2n) is 4.99. The highest BCUT2D eigenvalue weighted by molar-refractivity contribution is 5.88. The van der Waals surface area contributed by atoms with Gasteiger partial charge in [-0.2, -0.15) is 0 Å². The Morgan fingerprint density at radius 2 is 2.24 bits per heavy atom. The number of nitrogens with one attached hydrogen (secondary N) is 2. The summed E-state index contributed by atoms with van der Waals surface area (Å²) in [6.07, 6.45) is 4.61. The van der Waals surface area contributed by atoms with E-state index in [1.54, 1.807) is 6.33 Å². The van der Waals surface area contributed by atoms with Crippen molar-refractivity contribution in [2.75, 3.05) is 6.54 Å². The number of hydrogen-bond acceptors (Lipinski definition) is 3. The van der Waals surface area contributed by atoms with E-state index >= 15 is 0 Å². The molecule has 3 rings (SSSR count). The number of aromatic amines is 1. The number of aryl methyl sites for hydroxylation is 1. The molecule has 0 aliphatic heterocycles. The Kier molecular flexibility index (Phi) is 3.68. The van der Waals surface area contributed by atoms with Crippen molar-refractivity contribution in [1.82, 2.24) is 25.1 Å². The average Bonchev–Trinajstić information content (AvgIpc) is 3.07. The summed E-state index contributed by atoms with van der Waals surface area (Å²) >= 11 is 0. The quantitative estimate of drug-likeness (QED) is 0.738. The molecular formula is C15H17N5O. The van der Waals surface area contributed by atoms with Crippen molar-refractivity contribution < 1.29 is 4.79 Å². The molecular weight excluding hydrogens is 266 g/mol. The predicted molar refractivity (Wildman–Crippen MR) is 79.7 cm³/mol. The molecule has 2 N–H and O–H groups in total. The second-order valence-corrected chi connectivity index (χ2v) is 4.99. The van der Waals surface area contributed by atoms with Gasteiger partial charge in [-0.25, -0.2) is 0 Å². The number of rotatable bonds is 5. The van der Waals surface area contributed by atoms with Gasteiger partial charge >= 0.3 is 0 Å². The Morgan fingerprint density at radius 3 is 3.05 bits per heavy atom. The number of fused-ring (bicyclic) bond motifs is 1. The molecule has 0 aliphatic carbocycles. The van der Waals surface area contributed by atoms with Crippen molar-refractivity contribution >= 4 is 16.8 Å². The average molecular weight is 283 g/mol. The SMILES string of the molecule is Cn1cnnc1CCNC(=O)Cc1c[nH]c2ccccc12. The summed E-state index contributed by atoms with van der Waals surface area (Å²) in [4.78, 5) is 15.2. The highest BCUT2D eigenvalue weighted by Crippen LogP contribution is 2.17. The van der Waals surface area contributed by atoms with Crippen molar-refractivity contribution in [2.24, 2.45) is 7.05 Å². The van der Waals surface area contributed by atoms with Gasteiger partial charge in [0.25, 0.3) is 0 Å². The molecule has 0 saturated heterocycles. The van der Waals surface area contributed by atoms with Crippen LogP contribution in [-0.2, 0) is 24.7 Å². The first-order valence-electron chi connectivity index (χ1n) is 6.88. The summed E-state index contributed by atoms with van der Waals surface area (Å²) in [5.74, 6) is 0.879. The van der Waals surface area contributed by atoms with Gasteiger partial charge in [0.2, 0.25) is 5.91 Å². The maximum Gasteiger partial charge on any atom is 0.224 e. The number of nitrogens with zero attached hydrogens (tertiary/aromatic N) is 3. The minimum absolute atomic E-state index is 0.0157. The highest BCUT2D eigenvalue weighted by atomic mass is 16.1. The number of aromatic nitrogens is 4. The van der Waals surface area contributed by atoms with Crippen LogP contribution < -0.4 is 5.32 Å².